The summed E-state index contributed by atoms with van der Waals surface area (Å²) in [5.41, 5.74) is 9.19. The molecule has 0 saturated carbocycles. The molecule has 2 aromatic rings. The summed E-state index contributed by atoms with van der Waals surface area (Å²) in [6.07, 6.45) is 0. The van der Waals surface area contributed by atoms with Crippen LogP contribution in [0.5, 0.6) is 0 Å². The Balaban J connectivity index is 2.19. The van der Waals surface area contributed by atoms with Gasteiger partial charge in [0.05, 0.1) is 4.92 Å². The van der Waals surface area contributed by atoms with Gasteiger partial charge in [-0.2, -0.15) is 0 Å². The number of rotatable bonds is 5. The largest absolute Gasteiger partial charge is 0.393 e. The first-order chi connectivity index (χ1) is 9.99. The Hall–Kier alpha value is -2.40. The lowest BCUT2D eigenvalue weighted by Gasteiger charge is -2.19. The van der Waals surface area contributed by atoms with Gasteiger partial charge in [0.15, 0.2) is 0 Å². The first-order valence-electron chi connectivity index (χ1n) is 6.74. The maximum atomic E-state index is 11.0. The van der Waals surface area contributed by atoms with E-state index in [4.69, 9.17) is 5.73 Å². The van der Waals surface area contributed by atoms with Crippen molar-refractivity contribution in [3.8, 4) is 0 Å². The lowest BCUT2D eigenvalue weighted by Crippen LogP contribution is -2.19. The molecule has 21 heavy (non-hydrogen) atoms. The smallest absolute Gasteiger partial charge is 0.292 e. The van der Waals surface area contributed by atoms with Crippen LogP contribution in [0.3, 0.4) is 0 Å². The fourth-order valence-corrected chi connectivity index (χ4v) is 2.35. The molecule has 110 valence electrons. The number of hydrogen-bond acceptors (Lipinski definition) is 4. The van der Waals surface area contributed by atoms with Gasteiger partial charge in [0.1, 0.15) is 5.69 Å². The van der Waals surface area contributed by atoms with Gasteiger partial charge >= 0.3 is 0 Å². The predicted molar refractivity (Wildman–Crippen MR) is 83.9 cm³/mol. The molecule has 0 aliphatic rings. The summed E-state index contributed by atoms with van der Waals surface area (Å²) in [6.45, 7) is 3.27. The van der Waals surface area contributed by atoms with E-state index >= 15 is 0 Å². The van der Waals surface area contributed by atoms with Gasteiger partial charge < -0.3 is 5.73 Å². The Kier molecular flexibility index (Phi) is 4.55. The normalized spacial score (nSPS) is 10.8. The molecule has 0 fully saturated rings. The number of nitrogens with two attached hydrogens (primary N) is 1. The Morgan fingerprint density at radius 2 is 1.81 bits per heavy atom. The molecule has 0 aliphatic carbocycles. The zero-order valence-corrected chi connectivity index (χ0v) is 12.2. The first-order valence-corrected chi connectivity index (χ1v) is 6.74. The van der Waals surface area contributed by atoms with E-state index in [1.807, 2.05) is 32.2 Å². The van der Waals surface area contributed by atoms with Gasteiger partial charge in [0.25, 0.3) is 5.69 Å². The summed E-state index contributed by atoms with van der Waals surface area (Å²) in [5.74, 6) is 0. The van der Waals surface area contributed by atoms with Gasteiger partial charge in [-0.25, -0.2) is 0 Å². The van der Waals surface area contributed by atoms with E-state index in [1.54, 1.807) is 6.07 Å². The van der Waals surface area contributed by atoms with Crippen LogP contribution in [-0.2, 0) is 13.1 Å². The molecule has 0 aliphatic heterocycles. The maximum absolute atomic E-state index is 11.0. The summed E-state index contributed by atoms with van der Waals surface area (Å²) in [4.78, 5) is 12.6. The number of nitrogen functional groups attached to an aromatic ring is 1. The number of aryl methyl sites for hydroxylation is 1. The van der Waals surface area contributed by atoms with Crippen molar-refractivity contribution in [1.82, 2.24) is 4.90 Å². The summed E-state index contributed by atoms with van der Waals surface area (Å²) in [6, 6.07) is 13.3. The molecule has 0 unspecified atom stereocenters. The SMILES string of the molecule is Cc1ccc([N+](=O)[O-])c(N)c1CN(C)Cc1ccccc1. The van der Waals surface area contributed by atoms with Crippen LogP contribution in [0, 0.1) is 17.0 Å². The summed E-state index contributed by atoms with van der Waals surface area (Å²) in [7, 11) is 1.98. The Morgan fingerprint density at radius 1 is 1.14 bits per heavy atom. The summed E-state index contributed by atoms with van der Waals surface area (Å²) in [5, 5.41) is 11.0. The topological polar surface area (TPSA) is 72.4 Å². The molecule has 2 aromatic carbocycles. The number of hydrogen-bond donors (Lipinski definition) is 1. The molecule has 0 atom stereocenters. The van der Waals surface area contributed by atoms with E-state index in [-0.39, 0.29) is 11.4 Å². The van der Waals surface area contributed by atoms with Crippen molar-refractivity contribution in [3.05, 3.63) is 69.3 Å². The quantitative estimate of drug-likeness (QED) is 0.520. The number of anilines is 1. The van der Waals surface area contributed by atoms with Crippen molar-refractivity contribution in [2.75, 3.05) is 12.8 Å². The van der Waals surface area contributed by atoms with Crippen LogP contribution >= 0.6 is 0 Å². The van der Waals surface area contributed by atoms with Crippen molar-refractivity contribution in [1.29, 1.82) is 0 Å². The molecule has 2 rings (SSSR count). The van der Waals surface area contributed by atoms with Gasteiger partial charge in [0, 0.05) is 19.2 Å². The van der Waals surface area contributed by atoms with Crippen LogP contribution in [0.1, 0.15) is 16.7 Å². The van der Waals surface area contributed by atoms with E-state index in [0.717, 1.165) is 17.7 Å². The Morgan fingerprint density at radius 3 is 2.43 bits per heavy atom. The highest BCUT2D eigenvalue weighted by Crippen LogP contribution is 2.28. The fraction of sp³-hybridized carbons (Fsp3) is 0.250. The fourth-order valence-electron chi connectivity index (χ4n) is 2.35. The molecule has 2 N–H and O–H groups in total. The maximum Gasteiger partial charge on any atom is 0.292 e. The first kappa shape index (κ1) is 15.0. The molecule has 0 bridgehead atoms. The molecule has 0 spiro atoms. The molecule has 0 saturated heterocycles. The van der Waals surface area contributed by atoms with Gasteiger partial charge in [-0.15, -0.1) is 0 Å². The number of nitro benzene ring substituents is 1. The van der Waals surface area contributed by atoms with Crippen LogP contribution in [0.2, 0.25) is 0 Å². The van der Waals surface area contributed by atoms with E-state index in [0.29, 0.717) is 6.54 Å². The van der Waals surface area contributed by atoms with Crippen molar-refractivity contribution in [2.45, 2.75) is 20.0 Å². The third-order valence-corrected chi connectivity index (χ3v) is 3.49. The molecule has 0 radical (unpaired) electrons. The predicted octanol–water partition coefficient (Wildman–Crippen LogP) is 3.12. The third kappa shape index (κ3) is 3.58. The minimum absolute atomic E-state index is 0.0243. The van der Waals surface area contributed by atoms with Crippen LogP contribution in [-0.4, -0.2) is 16.9 Å². The zero-order valence-electron chi connectivity index (χ0n) is 12.2. The van der Waals surface area contributed by atoms with Crippen LogP contribution in [0.4, 0.5) is 11.4 Å². The molecule has 0 aromatic heterocycles. The second-order valence-corrected chi connectivity index (χ2v) is 5.21. The zero-order chi connectivity index (χ0) is 15.4. The van der Waals surface area contributed by atoms with E-state index in [2.05, 4.69) is 17.0 Å². The molecule has 5 heteroatoms. The Labute approximate surface area is 124 Å². The number of nitrogens with zero attached hydrogens (tertiary/aromatic N) is 2. The molecular formula is C16H19N3O2. The average molecular weight is 285 g/mol. The molecule has 0 amide bonds. The molecule has 5 nitrogen and oxygen atoms in total. The highest BCUT2D eigenvalue weighted by Gasteiger charge is 2.17. The minimum Gasteiger partial charge on any atom is -0.393 e. The van der Waals surface area contributed by atoms with Crippen LogP contribution in [0.15, 0.2) is 42.5 Å². The highest BCUT2D eigenvalue weighted by molar-refractivity contribution is 5.65. The summed E-state index contributed by atoms with van der Waals surface area (Å²) >= 11 is 0. The third-order valence-electron chi connectivity index (χ3n) is 3.49. The van der Waals surface area contributed by atoms with Crippen molar-refractivity contribution in [2.24, 2.45) is 0 Å². The highest BCUT2D eigenvalue weighted by atomic mass is 16.6. The lowest BCUT2D eigenvalue weighted by molar-refractivity contribution is -0.384. The standard InChI is InChI=1S/C16H19N3O2/c1-12-8-9-15(19(20)21)16(17)14(12)11-18(2)10-13-6-4-3-5-7-13/h3-9H,10-11,17H2,1-2H3. The van der Waals surface area contributed by atoms with Gasteiger partial charge in [-0.3, -0.25) is 15.0 Å². The van der Waals surface area contributed by atoms with Crippen molar-refractivity contribution < 1.29 is 4.92 Å². The van der Waals surface area contributed by atoms with Gasteiger partial charge in [-0.05, 0) is 30.7 Å². The van der Waals surface area contributed by atoms with E-state index < -0.39 is 4.92 Å². The van der Waals surface area contributed by atoms with Crippen molar-refractivity contribution >= 4 is 11.4 Å². The van der Waals surface area contributed by atoms with E-state index in [9.17, 15) is 10.1 Å². The monoisotopic (exact) mass is 285 g/mol. The molecular weight excluding hydrogens is 266 g/mol. The van der Waals surface area contributed by atoms with Crippen LogP contribution in [0.25, 0.3) is 0 Å². The second kappa shape index (κ2) is 6.37. The number of nitro groups is 1. The minimum atomic E-state index is -0.435. The summed E-state index contributed by atoms with van der Waals surface area (Å²) < 4.78 is 0. The average Bonchev–Trinajstić information content (AvgIpc) is 2.44. The van der Waals surface area contributed by atoms with E-state index in [1.165, 1.54) is 11.6 Å². The number of benzene rings is 2. The lowest BCUT2D eigenvalue weighted by atomic mass is 10.0. The Bertz CT molecular complexity index is 641. The van der Waals surface area contributed by atoms with Crippen LogP contribution < -0.4 is 5.73 Å². The second-order valence-electron chi connectivity index (χ2n) is 5.21. The van der Waals surface area contributed by atoms with Crippen molar-refractivity contribution in [3.63, 3.8) is 0 Å². The van der Waals surface area contributed by atoms with Gasteiger partial charge in [-0.1, -0.05) is 36.4 Å². The molecule has 0 heterocycles. The van der Waals surface area contributed by atoms with Gasteiger partial charge in [0.2, 0.25) is 0 Å².